The maximum Gasteiger partial charge on any atom is 0.416 e. The van der Waals surface area contributed by atoms with E-state index in [9.17, 15) is 23.1 Å². The van der Waals surface area contributed by atoms with Gasteiger partial charge >= 0.3 is 12.1 Å². The topological polar surface area (TPSA) is 70.6 Å². The highest BCUT2D eigenvalue weighted by Crippen LogP contribution is 2.40. The summed E-state index contributed by atoms with van der Waals surface area (Å²) in [6.07, 6.45) is -0.510. The maximum absolute atomic E-state index is 13.1. The van der Waals surface area contributed by atoms with Crippen LogP contribution in [0.25, 0.3) is 5.57 Å². The summed E-state index contributed by atoms with van der Waals surface area (Å²) in [5, 5.41) is 12.9. The summed E-state index contributed by atoms with van der Waals surface area (Å²) >= 11 is 0. The molecule has 1 aromatic carbocycles. The van der Waals surface area contributed by atoms with Crippen molar-refractivity contribution in [1.29, 1.82) is 0 Å². The second-order valence-electron chi connectivity index (χ2n) is 7.86. The van der Waals surface area contributed by atoms with Crippen LogP contribution in [0.3, 0.4) is 0 Å². The van der Waals surface area contributed by atoms with Gasteiger partial charge in [-0.3, -0.25) is 4.79 Å². The first-order chi connectivity index (χ1) is 14.3. The van der Waals surface area contributed by atoms with Crippen molar-refractivity contribution in [3.8, 4) is 0 Å². The van der Waals surface area contributed by atoms with Gasteiger partial charge in [-0.1, -0.05) is 37.6 Å². The Balaban J connectivity index is 1.75. The Labute approximate surface area is 172 Å². The molecule has 1 aliphatic carbocycles. The number of aryl methyl sites for hydroxylation is 1. The number of hydrogen-bond acceptors (Lipinski definition) is 4. The van der Waals surface area contributed by atoms with Crippen LogP contribution in [-0.2, 0) is 21.5 Å². The van der Waals surface area contributed by atoms with Gasteiger partial charge in [0.25, 0.3) is 0 Å². The number of hydroxylamine groups is 1. The summed E-state index contributed by atoms with van der Waals surface area (Å²) < 4.78 is 39.2. The van der Waals surface area contributed by atoms with E-state index in [-0.39, 0.29) is 12.2 Å². The minimum absolute atomic E-state index is 0.130. The Bertz CT molecular complexity index is 972. The molecule has 0 bridgehead atoms. The van der Waals surface area contributed by atoms with Crippen LogP contribution < -0.4 is 10.8 Å². The lowest BCUT2D eigenvalue weighted by Gasteiger charge is -2.40. The molecule has 0 amide bonds. The second kappa shape index (κ2) is 7.59. The van der Waals surface area contributed by atoms with E-state index >= 15 is 0 Å². The highest BCUT2D eigenvalue weighted by molar-refractivity contribution is 5.85. The fourth-order valence-corrected chi connectivity index (χ4v) is 4.29. The smallest absolute Gasteiger partial charge is 0.416 e. The molecule has 3 aliphatic rings. The van der Waals surface area contributed by atoms with Crippen LogP contribution in [0, 0.1) is 0 Å². The molecule has 2 heterocycles. The van der Waals surface area contributed by atoms with Crippen molar-refractivity contribution < 1.29 is 27.9 Å². The zero-order valence-corrected chi connectivity index (χ0v) is 16.5. The number of carbonyl (C=O) groups is 1. The Hall–Kier alpha value is -2.58. The number of rotatable bonds is 5. The number of hydrogen-bond donors (Lipinski definition) is 3. The highest BCUT2D eigenvalue weighted by atomic mass is 19.4. The van der Waals surface area contributed by atoms with E-state index in [0.29, 0.717) is 19.6 Å². The summed E-state index contributed by atoms with van der Waals surface area (Å²) in [5.41, 5.74) is 5.31. The Morgan fingerprint density at radius 3 is 2.63 bits per heavy atom. The molecule has 8 heteroatoms. The molecule has 160 valence electrons. The number of nitrogens with one attached hydrogen (secondary N) is 2. The van der Waals surface area contributed by atoms with Gasteiger partial charge in [0.1, 0.15) is 5.41 Å². The van der Waals surface area contributed by atoms with Crippen molar-refractivity contribution in [2.45, 2.75) is 37.8 Å². The van der Waals surface area contributed by atoms with Crippen molar-refractivity contribution in [2.75, 3.05) is 19.6 Å². The van der Waals surface area contributed by atoms with Crippen LogP contribution in [0.15, 0.2) is 47.3 Å². The average Bonchev–Trinajstić information content (AvgIpc) is 2.66. The zero-order chi connectivity index (χ0) is 21.5. The van der Waals surface area contributed by atoms with Crippen LogP contribution in [0.5, 0.6) is 0 Å². The number of carboxylic acid groups (broad SMARTS) is 1. The van der Waals surface area contributed by atoms with Gasteiger partial charge in [-0.05, 0) is 41.2 Å². The molecule has 0 radical (unpaired) electrons. The zero-order valence-electron chi connectivity index (χ0n) is 16.5. The molecule has 1 fully saturated rings. The van der Waals surface area contributed by atoms with Crippen LogP contribution in [0.1, 0.15) is 36.5 Å². The number of halogens is 3. The standard InChI is InChI=1S/C22H23F3N2O3/c1-2-3-14-8-13(4-7-18(14)21(20(28)29)11-26-12-21)17-10-27-30-19-9-15(22(23,24)25)5-6-16(17)19/h4-5,7-9,26-27H,2-3,6,10-12H2,1H3,(H,28,29). The van der Waals surface area contributed by atoms with Gasteiger partial charge in [-0.15, -0.1) is 0 Å². The average molecular weight is 420 g/mol. The van der Waals surface area contributed by atoms with Gasteiger partial charge < -0.3 is 15.3 Å². The lowest BCUT2D eigenvalue weighted by Crippen LogP contribution is -2.61. The molecule has 5 nitrogen and oxygen atoms in total. The molecular formula is C22H23F3N2O3. The third-order valence-corrected chi connectivity index (χ3v) is 5.98. The molecule has 0 unspecified atom stereocenters. The first kappa shape index (κ1) is 20.7. The Kier molecular flexibility index (Phi) is 5.23. The number of carboxylic acids is 1. The fraction of sp³-hybridized carbons (Fsp3) is 0.409. The van der Waals surface area contributed by atoms with E-state index < -0.39 is 23.1 Å². The van der Waals surface area contributed by atoms with E-state index in [1.54, 1.807) is 0 Å². The second-order valence-corrected chi connectivity index (χ2v) is 7.86. The largest absolute Gasteiger partial charge is 0.481 e. The predicted molar refractivity (Wildman–Crippen MR) is 105 cm³/mol. The molecule has 0 aromatic heterocycles. The minimum Gasteiger partial charge on any atom is -0.481 e. The maximum atomic E-state index is 13.1. The number of allylic oxidation sites excluding steroid dienone is 4. The predicted octanol–water partition coefficient (Wildman–Crippen LogP) is 3.63. The Morgan fingerprint density at radius 1 is 1.27 bits per heavy atom. The third kappa shape index (κ3) is 3.44. The van der Waals surface area contributed by atoms with Gasteiger partial charge in [-0.25, -0.2) is 0 Å². The fourth-order valence-electron chi connectivity index (χ4n) is 4.29. The molecular weight excluding hydrogens is 397 g/mol. The highest BCUT2D eigenvalue weighted by Gasteiger charge is 2.47. The van der Waals surface area contributed by atoms with E-state index in [4.69, 9.17) is 4.84 Å². The first-order valence-electron chi connectivity index (χ1n) is 9.95. The summed E-state index contributed by atoms with van der Waals surface area (Å²) in [6.45, 7) is 3.17. The SMILES string of the molecule is CCCc1cc(C2=C3CC=C(C(F)(F)F)C=C3ONC2)ccc1C1(C(=O)O)CNC1. The molecule has 3 N–H and O–H groups in total. The van der Waals surface area contributed by atoms with Gasteiger partial charge in [0, 0.05) is 18.7 Å². The van der Waals surface area contributed by atoms with E-state index in [1.165, 1.54) is 6.08 Å². The van der Waals surface area contributed by atoms with Crippen LogP contribution in [-0.4, -0.2) is 36.9 Å². The third-order valence-electron chi connectivity index (χ3n) is 5.98. The van der Waals surface area contributed by atoms with E-state index in [0.717, 1.165) is 46.8 Å². The van der Waals surface area contributed by atoms with Crippen molar-refractivity contribution in [2.24, 2.45) is 0 Å². The van der Waals surface area contributed by atoms with E-state index in [2.05, 4.69) is 10.8 Å². The number of benzene rings is 1. The first-order valence-corrected chi connectivity index (χ1v) is 9.95. The van der Waals surface area contributed by atoms with Crippen molar-refractivity contribution in [1.82, 2.24) is 10.8 Å². The molecule has 1 saturated heterocycles. The summed E-state index contributed by atoms with van der Waals surface area (Å²) in [7, 11) is 0. The summed E-state index contributed by atoms with van der Waals surface area (Å²) in [5.74, 6) is -0.666. The van der Waals surface area contributed by atoms with Crippen molar-refractivity contribution in [3.05, 3.63) is 63.9 Å². The van der Waals surface area contributed by atoms with Gasteiger partial charge in [0.2, 0.25) is 0 Å². The van der Waals surface area contributed by atoms with E-state index in [1.807, 2.05) is 25.1 Å². The summed E-state index contributed by atoms with van der Waals surface area (Å²) in [4.78, 5) is 17.3. The van der Waals surface area contributed by atoms with Gasteiger partial charge in [0.05, 0.1) is 12.1 Å². The Morgan fingerprint density at radius 2 is 2.03 bits per heavy atom. The number of alkyl halides is 3. The van der Waals surface area contributed by atoms with Crippen LogP contribution in [0.4, 0.5) is 13.2 Å². The monoisotopic (exact) mass is 420 g/mol. The lowest BCUT2D eigenvalue weighted by molar-refractivity contribution is -0.146. The molecule has 0 saturated carbocycles. The molecule has 0 atom stereocenters. The van der Waals surface area contributed by atoms with Crippen molar-refractivity contribution >= 4 is 11.5 Å². The normalized spacial score (nSPS) is 20.5. The lowest BCUT2D eigenvalue weighted by atomic mass is 9.72. The van der Waals surface area contributed by atoms with Crippen LogP contribution >= 0.6 is 0 Å². The van der Waals surface area contributed by atoms with Gasteiger partial charge in [0.15, 0.2) is 5.76 Å². The molecule has 30 heavy (non-hydrogen) atoms. The molecule has 0 spiro atoms. The number of fused-ring (bicyclic) bond motifs is 1. The summed E-state index contributed by atoms with van der Waals surface area (Å²) in [6, 6.07) is 5.72. The van der Waals surface area contributed by atoms with Gasteiger partial charge in [-0.2, -0.15) is 18.7 Å². The quantitative estimate of drug-likeness (QED) is 0.679. The molecule has 4 rings (SSSR count). The van der Waals surface area contributed by atoms with Crippen LogP contribution in [0.2, 0.25) is 0 Å². The molecule has 1 aromatic rings. The minimum atomic E-state index is -4.42. The molecule has 2 aliphatic heterocycles. The van der Waals surface area contributed by atoms with Crippen molar-refractivity contribution in [3.63, 3.8) is 0 Å². The number of aliphatic carboxylic acids is 1.